The Balaban J connectivity index is 2.08. The fourth-order valence-electron chi connectivity index (χ4n) is 2.43. The number of hydrogen-bond donors (Lipinski definition) is 0. The monoisotopic (exact) mass is 378 g/mol. The number of carbonyl (C=O) groups is 1. The highest BCUT2D eigenvalue weighted by molar-refractivity contribution is 7.88. The summed E-state index contributed by atoms with van der Waals surface area (Å²) in [7, 11) is -2.05. The van der Waals surface area contributed by atoms with Crippen LogP contribution in [0.5, 0.6) is 0 Å². The molecule has 0 spiro atoms. The average Bonchev–Trinajstić information content (AvgIpc) is 2.57. The highest BCUT2D eigenvalue weighted by atomic mass is 32.2. The smallest absolute Gasteiger partial charge is 0.237 e. The third-order valence-corrected chi connectivity index (χ3v) is 5.25. The molecule has 140 valence electrons. The number of rotatable bonds is 7. The van der Waals surface area contributed by atoms with Gasteiger partial charge in [-0.25, -0.2) is 12.8 Å². The predicted molar refractivity (Wildman–Crippen MR) is 99.3 cm³/mol. The SMILES string of the molecule is Cc1ccc(CN(C)C(=O)CN(Cc2ccccc2F)S(C)(=O)=O)cc1. The van der Waals surface area contributed by atoms with Gasteiger partial charge in [-0.1, -0.05) is 48.0 Å². The van der Waals surface area contributed by atoms with Crippen molar-refractivity contribution >= 4 is 15.9 Å². The van der Waals surface area contributed by atoms with E-state index in [0.29, 0.717) is 6.54 Å². The summed E-state index contributed by atoms with van der Waals surface area (Å²) in [6, 6.07) is 13.7. The molecular formula is C19H23FN2O3S. The van der Waals surface area contributed by atoms with Crippen molar-refractivity contribution in [3.8, 4) is 0 Å². The van der Waals surface area contributed by atoms with E-state index in [1.807, 2.05) is 31.2 Å². The maximum absolute atomic E-state index is 13.8. The highest BCUT2D eigenvalue weighted by Crippen LogP contribution is 2.13. The molecule has 0 unspecified atom stereocenters. The van der Waals surface area contributed by atoms with Gasteiger partial charge in [0.15, 0.2) is 0 Å². The summed E-state index contributed by atoms with van der Waals surface area (Å²) in [5.41, 5.74) is 2.30. The minimum atomic E-state index is -3.67. The van der Waals surface area contributed by atoms with Crippen molar-refractivity contribution < 1.29 is 17.6 Å². The first-order valence-corrected chi connectivity index (χ1v) is 9.99. The lowest BCUT2D eigenvalue weighted by molar-refractivity contribution is -0.130. The maximum Gasteiger partial charge on any atom is 0.237 e. The molecule has 7 heteroatoms. The number of halogens is 1. The van der Waals surface area contributed by atoms with Crippen LogP contribution in [-0.4, -0.2) is 43.4 Å². The Morgan fingerprint density at radius 3 is 2.23 bits per heavy atom. The third-order valence-electron chi connectivity index (χ3n) is 4.05. The molecule has 0 saturated heterocycles. The molecule has 0 N–H and O–H groups in total. The fourth-order valence-corrected chi connectivity index (χ4v) is 3.15. The molecule has 2 aromatic rings. The van der Waals surface area contributed by atoms with Crippen molar-refractivity contribution in [2.45, 2.75) is 20.0 Å². The number of aryl methyl sites for hydroxylation is 1. The van der Waals surface area contributed by atoms with Gasteiger partial charge in [0, 0.05) is 25.7 Å². The van der Waals surface area contributed by atoms with Gasteiger partial charge in [-0.2, -0.15) is 4.31 Å². The fraction of sp³-hybridized carbons (Fsp3) is 0.316. The van der Waals surface area contributed by atoms with Crippen LogP contribution in [0.2, 0.25) is 0 Å². The van der Waals surface area contributed by atoms with Gasteiger partial charge in [0.05, 0.1) is 12.8 Å². The number of hydrogen-bond acceptors (Lipinski definition) is 3. The highest BCUT2D eigenvalue weighted by Gasteiger charge is 2.23. The predicted octanol–water partition coefficient (Wildman–Crippen LogP) is 2.55. The first-order valence-electron chi connectivity index (χ1n) is 8.15. The lowest BCUT2D eigenvalue weighted by Crippen LogP contribution is -2.40. The van der Waals surface area contributed by atoms with Crippen LogP contribution in [0, 0.1) is 12.7 Å². The van der Waals surface area contributed by atoms with Crippen molar-refractivity contribution in [1.29, 1.82) is 0 Å². The second-order valence-corrected chi connectivity index (χ2v) is 8.34. The topological polar surface area (TPSA) is 57.7 Å². The van der Waals surface area contributed by atoms with E-state index in [-0.39, 0.29) is 24.6 Å². The molecular weight excluding hydrogens is 355 g/mol. The lowest BCUT2D eigenvalue weighted by Gasteiger charge is -2.24. The van der Waals surface area contributed by atoms with Gasteiger partial charge < -0.3 is 4.90 Å². The summed E-state index contributed by atoms with van der Waals surface area (Å²) in [6.07, 6.45) is 1.01. The molecule has 0 bridgehead atoms. The number of carbonyl (C=O) groups excluding carboxylic acids is 1. The molecule has 0 fully saturated rings. The van der Waals surface area contributed by atoms with Crippen LogP contribution in [0.4, 0.5) is 4.39 Å². The average molecular weight is 378 g/mol. The van der Waals surface area contributed by atoms with Gasteiger partial charge in [0.1, 0.15) is 5.82 Å². The molecule has 26 heavy (non-hydrogen) atoms. The lowest BCUT2D eigenvalue weighted by atomic mass is 10.1. The molecule has 0 heterocycles. The second-order valence-electron chi connectivity index (χ2n) is 6.36. The summed E-state index contributed by atoms with van der Waals surface area (Å²) in [5, 5.41) is 0. The zero-order valence-corrected chi connectivity index (χ0v) is 16.0. The summed E-state index contributed by atoms with van der Waals surface area (Å²) in [6.45, 7) is 1.83. The number of sulfonamides is 1. The molecule has 0 aliphatic carbocycles. The molecule has 2 aromatic carbocycles. The Morgan fingerprint density at radius 1 is 1.04 bits per heavy atom. The summed E-state index contributed by atoms with van der Waals surface area (Å²) in [5.74, 6) is -0.853. The Kier molecular flexibility index (Phi) is 6.50. The van der Waals surface area contributed by atoms with Crippen molar-refractivity contribution in [2.24, 2.45) is 0 Å². The van der Waals surface area contributed by atoms with Gasteiger partial charge in [-0.05, 0) is 18.6 Å². The Morgan fingerprint density at radius 2 is 1.65 bits per heavy atom. The summed E-state index contributed by atoms with van der Waals surface area (Å²) < 4.78 is 38.9. The number of benzene rings is 2. The first-order chi connectivity index (χ1) is 12.2. The van der Waals surface area contributed by atoms with E-state index in [4.69, 9.17) is 0 Å². The maximum atomic E-state index is 13.8. The van der Waals surface area contributed by atoms with Crippen LogP contribution in [0.3, 0.4) is 0 Å². The zero-order chi connectivity index (χ0) is 19.3. The number of likely N-dealkylation sites (N-methyl/N-ethyl adjacent to an activating group) is 1. The van der Waals surface area contributed by atoms with Crippen LogP contribution >= 0.6 is 0 Å². The zero-order valence-electron chi connectivity index (χ0n) is 15.1. The molecule has 2 rings (SSSR count). The van der Waals surface area contributed by atoms with Crippen molar-refractivity contribution in [1.82, 2.24) is 9.21 Å². The van der Waals surface area contributed by atoms with Crippen molar-refractivity contribution in [3.05, 3.63) is 71.0 Å². The van der Waals surface area contributed by atoms with Crippen LogP contribution in [0.25, 0.3) is 0 Å². The van der Waals surface area contributed by atoms with Crippen LogP contribution in [0.1, 0.15) is 16.7 Å². The van der Waals surface area contributed by atoms with E-state index in [1.165, 1.54) is 23.1 Å². The molecule has 1 amide bonds. The van der Waals surface area contributed by atoms with E-state index >= 15 is 0 Å². The first kappa shape index (κ1) is 20.1. The minimum absolute atomic E-state index is 0.185. The Labute approximate surface area is 154 Å². The van der Waals surface area contributed by atoms with Crippen molar-refractivity contribution in [3.63, 3.8) is 0 Å². The standard InChI is InChI=1S/C19H23FN2O3S/c1-15-8-10-16(11-9-15)12-21(2)19(23)14-22(26(3,24)25)13-17-6-4-5-7-18(17)20/h4-11H,12-14H2,1-3H3. The van der Waals surface area contributed by atoms with E-state index in [2.05, 4.69) is 0 Å². The van der Waals surface area contributed by atoms with Crippen LogP contribution < -0.4 is 0 Å². The summed E-state index contributed by atoms with van der Waals surface area (Å²) >= 11 is 0. The Hall–Kier alpha value is -2.25. The minimum Gasteiger partial charge on any atom is -0.340 e. The summed E-state index contributed by atoms with van der Waals surface area (Å²) in [4.78, 5) is 13.9. The van der Waals surface area contributed by atoms with Crippen molar-refractivity contribution in [2.75, 3.05) is 19.8 Å². The van der Waals surface area contributed by atoms with Gasteiger partial charge in [0.25, 0.3) is 0 Å². The van der Waals surface area contributed by atoms with Gasteiger partial charge >= 0.3 is 0 Å². The molecule has 0 radical (unpaired) electrons. The van der Waals surface area contributed by atoms with Gasteiger partial charge in [-0.3, -0.25) is 4.79 Å². The molecule has 5 nitrogen and oxygen atoms in total. The normalized spacial score (nSPS) is 11.6. The number of nitrogens with zero attached hydrogens (tertiary/aromatic N) is 2. The van der Waals surface area contributed by atoms with Crippen LogP contribution in [-0.2, 0) is 27.9 Å². The van der Waals surface area contributed by atoms with Gasteiger partial charge in [-0.15, -0.1) is 0 Å². The van der Waals surface area contributed by atoms with E-state index in [0.717, 1.165) is 21.7 Å². The van der Waals surface area contributed by atoms with Crippen LogP contribution in [0.15, 0.2) is 48.5 Å². The number of amides is 1. The van der Waals surface area contributed by atoms with E-state index < -0.39 is 15.8 Å². The molecule has 0 aliphatic rings. The van der Waals surface area contributed by atoms with E-state index in [9.17, 15) is 17.6 Å². The van der Waals surface area contributed by atoms with E-state index in [1.54, 1.807) is 13.1 Å². The molecule has 0 atom stereocenters. The quantitative estimate of drug-likeness (QED) is 0.744. The van der Waals surface area contributed by atoms with Gasteiger partial charge in [0.2, 0.25) is 15.9 Å². The molecule has 0 aromatic heterocycles. The Bertz CT molecular complexity index is 867. The third kappa shape index (κ3) is 5.64. The largest absolute Gasteiger partial charge is 0.340 e. The second kappa shape index (κ2) is 8.42. The molecule has 0 aliphatic heterocycles. The molecule has 0 saturated carbocycles.